The SMILES string of the molecule is CCOc1cc(N2CCCN(C(C)=O)CC2)ncn1. The molecule has 0 aliphatic carbocycles. The van der Waals surface area contributed by atoms with E-state index in [9.17, 15) is 4.79 Å². The molecule has 0 unspecified atom stereocenters. The minimum atomic E-state index is 0.138. The first-order chi connectivity index (χ1) is 9.20. The van der Waals surface area contributed by atoms with Gasteiger partial charge in [0.2, 0.25) is 11.8 Å². The van der Waals surface area contributed by atoms with Crippen LogP contribution in [0, 0.1) is 0 Å². The van der Waals surface area contributed by atoms with Gasteiger partial charge in [0.1, 0.15) is 12.1 Å². The highest BCUT2D eigenvalue weighted by atomic mass is 16.5. The van der Waals surface area contributed by atoms with Crippen LogP contribution >= 0.6 is 0 Å². The molecule has 1 aromatic heterocycles. The Morgan fingerprint density at radius 1 is 1.32 bits per heavy atom. The van der Waals surface area contributed by atoms with E-state index in [1.54, 1.807) is 6.92 Å². The van der Waals surface area contributed by atoms with Crippen LogP contribution in [0.5, 0.6) is 5.88 Å². The lowest BCUT2D eigenvalue weighted by Gasteiger charge is -2.22. The zero-order chi connectivity index (χ0) is 13.7. The van der Waals surface area contributed by atoms with E-state index in [4.69, 9.17) is 4.74 Å². The van der Waals surface area contributed by atoms with Crippen LogP contribution in [0.25, 0.3) is 0 Å². The second-order valence-corrected chi connectivity index (χ2v) is 4.49. The lowest BCUT2D eigenvalue weighted by atomic mass is 10.3. The van der Waals surface area contributed by atoms with Crippen LogP contribution in [-0.2, 0) is 4.79 Å². The summed E-state index contributed by atoms with van der Waals surface area (Å²) < 4.78 is 5.39. The van der Waals surface area contributed by atoms with Crippen molar-refractivity contribution in [2.75, 3.05) is 37.7 Å². The molecule has 104 valence electrons. The van der Waals surface area contributed by atoms with Gasteiger partial charge in [0.05, 0.1) is 6.61 Å². The number of amides is 1. The fraction of sp³-hybridized carbons (Fsp3) is 0.615. The maximum atomic E-state index is 11.4. The number of ether oxygens (including phenoxy) is 1. The normalized spacial score (nSPS) is 16.1. The van der Waals surface area contributed by atoms with E-state index >= 15 is 0 Å². The molecule has 6 heteroatoms. The van der Waals surface area contributed by atoms with Crippen LogP contribution in [-0.4, -0.2) is 53.6 Å². The first-order valence-corrected chi connectivity index (χ1v) is 6.66. The summed E-state index contributed by atoms with van der Waals surface area (Å²) in [5.41, 5.74) is 0. The Morgan fingerprint density at radius 2 is 2.16 bits per heavy atom. The van der Waals surface area contributed by atoms with Gasteiger partial charge in [-0.1, -0.05) is 0 Å². The van der Waals surface area contributed by atoms with Gasteiger partial charge in [0.25, 0.3) is 0 Å². The molecule has 0 aromatic carbocycles. The van der Waals surface area contributed by atoms with E-state index in [2.05, 4.69) is 14.9 Å². The molecule has 1 amide bonds. The fourth-order valence-corrected chi connectivity index (χ4v) is 2.19. The van der Waals surface area contributed by atoms with E-state index in [0.717, 1.165) is 38.4 Å². The number of nitrogens with zero attached hydrogens (tertiary/aromatic N) is 4. The molecule has 0 bridgehead atoms. The molecule has 1 aromatic rings. The molecule has 0 N–H and O–H groups in total. The average molecular weight is 264 g/mol. The minimum Gasteiger partial charge on any atom is -0.478 e. The number of anilines is 1. The topological polar surface area (TPSA) is 58.6 Å². The van der Waals surface area contributed by atoms with E-state index in [-0.39, 0.29) is 5.91 Å². The Morgan fingerprint density at radius 3 is 2.89 bits per heavy atom. The third-order valence-corrected chi connectivity index (χ3v) is 3.18. The van der Waals surface area contributed by atoms with E-state index in [1.165, 1.54) is 6.33 Å². The quantitative estimate of drug-likeness (QED) is 0.813. The Bertz CT molecular complexity index is 438. The summed E-state index contributed by atoms with van der Waals surface area (Å²) in [5.74, 6) is 1.60. The van der Waals surface area contributed by atoms with Crippen LogP contribution < -0.4 is 9.64 Å². The van der Waals surface area contributed by atoms with Gasteiger partial charge in [-0.05, 0) is 13.3 Å². The largest absolute Gasteiger partial charge is 0.478 e. The van der Waals surface area contributed by atoms with Crippen LogP contribution in [0.1, 0.15) is 20.3 Å². The molecule has 0 saturated carbocycles. The molecule has 0 radical (unpaired) electrons. The average Bonchev–Trinajstić information content (AvgIpc) is 2.65. The van der Waals surface area contributed by atoms with Gasteiger partial charge in [-0.25, -0.2) is 9.97 Å². The van der Waals surface area contributed by atoms with E-state index in [1.807, 2.05) is 17.9 Å². The molecular weight excluding hydrogens is 244 g/mol. The molecule has 1 saturated heterocycles. The second-order valence-electron chi connectivity index (χ2n) is 4.49. The van der Waals surface area contributed by atoms with Gasteiger partial charge in [-0.3, -0.25) is 4.79 Å². The Hall–Kier alpha value is -1.85. The van der Waals surface area contributed by atoms with Crippen molar-refractivity contribution in [3.05, 3.63) is 12.4 Å². The summed E-state index contributed by atoms with van der Waals surface area (Å²) in [5, 5.41) is 0. The standard InChI is InChI=1S/C13H20N4O2/c1-3-19-13-9-12(14-10-15-13)17-6-4-5-16(7-8-17)11(2)18/h9-10H,3-8H2,1-2H3. The van der Waals surface area contributed by atoms with Crippen molar-refractivity contribution in [3.63, 3.8) is 0 Å². The first kappa shape index (κ1) is 13.6. The molecule has 0 atom stereocenters. The molecule has 1 aliphatic rings. The zero-order valence-electron chi connectivity index (χ0n) is 11.5. The number of hydrogen-bond acceptors (Lipinski definition) is 5. The zero-order valence-corrected chi connectivity index (χ0v) is 11.5. The maximum absolute atomic E-state index is 11.4. The lowest BCUT2D eigenvalue weighted by molar-refractivity contribution is -0.128. The smallest absolute Gasteiger partial charge is 0.219 e. The molecule has 2 rings (SSSR count). The van der Waals surface area contributed by atoms with E-state index < -0.39 is 0 Å². The Balaban J connectivity index is 2.05. The molecule has 2 heterocycles. The molecule has 1 aliphatic heterocycles. The van der Waals surface area contributed by atoms with Crippen molar-refractivity contribution in [2.24, 2.45) is 0 Å². The van der Waals surface area contributed by atoms with Gasteiger partial charge in [0.15, 0.2) is 0 Å². The van der Waals surface area contributed by atoms with Gasteiger partial charge in [-0.15, -0.1) is 0 Å². The van der Waals surface area contributed by atoms with Crippen LogP contribution in [0.15, 0.2) is 12.4 Å². The second kappa shape index (κ2) is 6.36. The third-order valence-electron chi connectivity index (χ3n) is 3.18. The lowest BCUT2D eigenvalue weighted by Crippen LogP contribution is -2.33. The third kappa shape index (κ3) is 3.56. The van der Waals surface area contributed by atoms with E-state index in [0.29, 0.717) is 12.5 Å². The van der Waals surface area contributed by atoms with Crippen molar-refractivity contribution in [1.29, 1.82) is 0 Å². The summed E-state index contributed by atoms with van der Waals surface area (Å²) >= 11 is 0. The summed E-state index contributed by atoms with van der Waals surface area (Å²) in [4.78, 5) is 23.8. The number of hydrogen-bond donors (Lipinski definition) is 0. The molecule has 1 fully saturated rings. The van der Waals surface area contributed by atoms with Crippen molar-refractivity contribution < 1.29 is 9.53 Å². The van der Waals surface area contributed by atoms with Gasteiger partial charge < -0.3 is 14.5 Å². The monoisotopic (exact) mass is 264 g/mol. The van der Waals surface area contributed by atoms with Gasteiger partial charge in [-0.2, -0.15) is 0 Å². The minimum absolute atomic E-state index is 0.138. The van der Waals surface area contributed by atoms with Crippen LogP contribution in [0.2, 0.25) is 0 Å². The number of aromatic nitrogens is 2. The predicted octanol–water partition coefficient (Wildman–Crippen LogP) is 0.934. The highest BCUT2D eigenvalue weighted by molar-refractivity contribution is 5.73. The van der Waals surface area contributed by atoms with Crippen molar-refractivity contribution in [2.45, 2.75) is 20.3 Å². The number of rotatable bonds is 3. The van der Waals surface area contributed by atoms with Gasteiger partial charge >= 0.3 is 0 Å². The van der Waals surface area contributed by atoms with Crippen molar-refractivity contribution >= 4 is 11.7 Å². The van der Waals surface area contributed by atoms with Crippen molar-refractivity contribution in [3.8, 4) is 5.88 Å². The number of carbonyl (C=O) groups excluding carboxylic acids is 1. The summed E-state index contributed by atoms with van der Waals surface area (Å²) in [7, 11) is 0. The fourth-order valence-electron chi connectivity index (χ4n) is 2.19. The molecule has 6 nitrogen and oxygen atoms in total. The highest BCUT2D eigenvalue weighted by Crippen LogP contribution is 2.17. The van der Waals surface area contributed by atoms with Crippen LogP contribution in [0.4, 0.5) is 5.82 Å². The summed E-state index contributed by atoms with van der Waals surface area (Å²) in [6.07, 6.45) is 2.47. The summed E-state index contributed by atoms with van der Waals surface area (Å²) in [6.45, 7) is 7.38. The Kier molecular flexibility index (Phi) is 4.54. The number of carbonyl (C=O) groups is 1. The van der Waals surface area contributed by atoms with Crippen molar-refractivity contribution in [1.82, 2.24) is 14.9 Å². The van der Waals surface area contributed by atoms with Gasteiger partial charge in [0, 0.05) is 39.2 Å². The summed E-state index contributed by atoms with van der Waals surface area (Å²) in [6, 6.07) is 1.85. The highest BCUT2D eigenvalue weighted by Gasteiger charge is 2.17. The molecular formula is C13H20N4O2. The maximum Gasteiger partial charge on any atom is 0.219 e. The predicted molar refractivity (Wildman–Crippen MR) is 72.3 cm³/mol. The molecule has 19 heavy (non-hydrogen) atoms. The van der Waals surface area contributed by atoms with Crippen LogP contribution in [0.3, 0.4) is 0 Å². The first-order valence-electron chi connectivity index (χ1n) is 6.66. The Labute approximate surface area is 113 Å². The molecule has 0 spiro atoms.